The van der Waals surface area contributed by atoms with E-state index in [1.165, 1.54) is 0 Å². The number of rotatable bonds is 7. The molecule has 0 radical (unpaired) electrons. The van der Waals surface area contributed by atoms with E-state index in [0.717, 1.165) is 43.1 Å². The molecule has 0 spiro atoms. The first-order valence-corrected chi connectivity index (χ1v) is 7.59. The summed E-state index contributed by atoms with van der Waals surface area (Å²) in [7, 11) is 0. The van der Waals surface area contributed by atoms with Crippen molar-refractivity contribution in [3.8, 4) is 5.75 Å². The van der Waals surface area contributed by atoms with Crippen molar-refractivity contribution in [2.75, 3.05) is 11.9 Å². The van der Waals surface area contributed by atoms with Gasteiger partial charge in [-0.05, 0) is 32.3 Å². The van der Waals surface area contributed by atoms with E-state index < -0.39 is 0 Å². The van der Waals surface area contributed by atoms with E-state index in [4.69, 9.17) is 9.15 Å². The maximum Gasteiger partial charge on any atom is 0.315 e. The lowest BCUT2D eigenvalue weighted by Crippen LogP contribution is -2.09. The Kier molecular flexibility index (Phi) is 4.08. The second-order valence-corrected chi connectivity index (χ2v) is 5.47. The van der Waals surface area contributed by atoms with Crippen molar-refractivity contribution in [3.05, 3.63) is 35.7 Å². The highest BCUT2D eigenvalue weighted by atomic mass is 16.5. The number of aromatic nitrogens is 2. The summed E-state index contributed by atoms with van der Waals surface area (Å²) in [5.74, 6) is 2.13. The minimum absolute atomic E-state index is 0.0468. The lowest BCUT2D eigenvalue weighted by molar-refractivity contribution is 0.313. The molecule has 0 amide bonds. The van der Waals surface area contributed by atoms with Crippen molar-refractivity contribution in [1.82, 2.24) is 10.2 Å². The van der Waals surface area contributed by atoms with Gasteiger partial charge in [0.05, 0.1) is 12.6 Å². The maximum absolute atomic E-state index is 5.79. The Morgan fingerprint density at radius 2 is 2.14 bits per heavy atom. The predicted molar refractivity (Wildman–Crippen MR) is 80.5 cm³/mol. The fourth-order valence-electron chi connectivity index (χ4n) is 2.23. The van der Waals surface area contributed by atoms with Crippen molar-refractivity contribution >= 4 is 6.01 Å². The Hall–Kier alpha value is -2.04. The third-order valence-electron chi connectivity index (χ3n) is 3.55. The molecule has 3 rings (SSSR count). The second-order valence-electron chi connectivity index (χ2n) is 5.47. The highest BCUT2D eigenvalue weighted by Crippen LogP contribution is 2.39. The van der Waals surface area contributed by atoms with Crippen molar-refractivity contribution in [2.45, 2.75) is 45.1 Å². The van der Waals surface area contributed by atoms with Crippen LogP contribution in [0.3, 0.4) is 0 Å². The lowest BCUT2D eigenvalue weighted by Gasteiger charge is -2.16. The molecule has 0 bridgehead atoms. The van der Waals surface area contributed by atoms with Gasteiger partial charge in [-0.1, -0.05) is 30.2 Å². The van der Waals surface area contributed by atoms with E-state index in [-0.39, 0.29) is 6.04 Å². The Labute approximate surface area is 124 Å². The summed E-state index contributed by atoms with van der Waals surface area (Å²) in [5.41, 5.74) is 1.09. The van der Waals surface area contributed by atoms with Crippen LogP contribution in [0.1, 0.15) is 56.5 Å². The van der Waals surface area contributed by atoms with Gasteiger partial charge in [0.25, 0.3) is 0 Å². The average Bonchev–Trinajstić information content (AvgIpc) is 3.26. The van der Waals surface area contributed by atoms with Gasteiger partial charge in [-0.2, -0.15) is 0 Å². The largest absolute Gasteiger partial charge is 0.493 e. The quantitative estimate of drug-likeness (QED) is 0.836. The molecule has 1 aliphatic carbocycles. The highest BCUT2D eigenvalue weighted by Gasteiger charge is 2.29. The molecule has 1 fully saturated rings. The molecule has 1 aliphatic rings. The average molecular weight is 287 g/mol. The molecule has 1 N–H and O–H groups in total. The number of nitrogens with one attached hydrogen (secondary N) is 1. The first-order chi connectivity index (χ1) is 10.3. The van der Waals surface area contributed by atoms with Crippen LogP contribution >= 0.6 is 0 Å². The minimum atomic E-state index is 0.0468. The van der Waals surface area contributed by atoms with Crippen LogP contribution in [-0.4, -0.2) is 16.8 Å². The van der Waals surface area contributed by atoms with E-state index in [9.17, 15) is 0 Å². The Balaban J connectivity index is 1.70. The van der Waals surface area contributed by atoms with Crippen LogP contribution in [-0.2, 0) is 0 Å². The summed E-state index contributed by atoms with van der Waals surface area (Å²) in [5, 5.41) is 11.4. The van der Waals surface area contributed by atoms with Crippen LogP contribution in [0, 0.1) is 0 Å². The summed E-state index contributed by atoms with van der Waals surface area (Å²) in [6.45, 7) is 4.88. The van der Waals surface area contributed by atoms with E-state index in [2.05, 4.69) is 35.4 Å². The van der Waals surface area contributed by atoms with Crippen LogP contribution < -0.4 is 10.1 Å². The van der Waals surface area contributed by atoms with Gasteiger partial charge >= 0.3 is 6.01 Å². The molecular formula is C16H21N3O2. The first-order valence-electron chi connectivity index (χ1n) is 7.59. The molecule has 1 heterocycles. The molecule has 21 heavy (non-hydrogen) atoms. The first kappa shape index (κ1) is 13.9. The van der Waals surface area contributed by atoms with Gasteiger partial charge in [-0.15, -0.1) is 5.10 Å². The summed E-state index contributed by atoms with van der Waals surface area (Å²) in [6.07, 6.45) is 3.31. The predicted octanol–water partition coefficient (Wildman–Crippen LogP) is 3.91. The third-order valence-corrected chi connectivity index (χ3v) is 3.55. The summed E-state index contributed by atoms with van der Waals surface area (Å²) >= 11 is 0. The monoisotopic (exact) mass is 287 g/mol. The number of hydrogen-bond donors (Lipinski definition) is 1. The van der Waals surface area contributed by atoms with E-state index >= 15 is 0 Å². The van der Waals surface area contributed by atoms with E-state index in [0.29, 0.717) is 11.9 Å². The van der Waals surface area contributed by atoms with Crippen LogP contribution in [0.5, 0.6) is 5.75 Å². The van der Waals surface area contributed by atoms with Gasteiger partial charge in [0, 0.05) is 11.5 Å². The van der Waals surface area contributed by atoms with Crippen molar-refractivity contribution in [1.29, 1.82) is 0 Å². The van der Waals surface area contributed by atoms with Crippen LogP contribution in [0.15, 0.2) is 28.7 Å². The molecule has 1 saturated carbocycles. The highest BCUT2D eigenvalue weighted by molar-refractivity contribution is 5.39. The number of para-hydroxylation sites is 1. The molecule has 1 aromatic heterocycles. The van der Waals surface area contributed by atoms with Gasteiger partial charge in [-0.3, -0.25) is 0 Å². The van der Waals surface area contributed by atoms with Crippen molar-refractivity contribution in [3.63, 3.8) is 0 Å². The SMILES string of the molecule is CCCOc1ccccc1C(C)Nc1nnc(C2CC2)o1. The fraction of sp³-hybridized carbons (Fsp3) is 0.500. The van der Waals surface area contributed by atoms with Crippen LogP contribution in [0.4, 0.5) is 6.01 Å². The summed E-state index contributed by atoms with van der Waals surface area (Å²) < 4.78 is 11.4. The van der Waals surface area contributed by atoms with Gasteiger partial charge in [0.2, 0.25) is 5.89 Å². The lowest BCUT2D eigenvalue weighted by atomic mass is 10.1. The molecule has 2 aromatic rings. The van der Waals surface area contributed by atoms with Gasteiger partial charge < -0.3 is 14.5 Å². The van der Waals surface area contributed by atoms with Gasteiger partial charge in [0.15, 0.2) is 0 Å². The maximum atomic E-state index is 5.79. The second kappa shape index (κ2) is 6.16. The van der Waals surface area contributed by atoms with Crippen molar-refractivity contribution in [2.24, 2.45) is 0 Å². The van der Waals surface area contributed by atoms with Crippen LogP contribution in [0.25, 0.3) is 0 Å². The molecule has 0 aliphatic heterocycles. The number of hydrogen-bond acceptors (Lipinski definition) is 5. The Bertz CT molecular complexity index is 593. The molecule has 5 heteroatoms. The number of benzene rings is 1. The van der Waals surface area contributed by atoms with Gasteiger partial charge in [-0.25, -0.2) is 0 Å². The van der Waals surface area contributed by atoms with Crippen molar-refractivity contribution < 1.29 is 9.15 Å². The van der Waals surface area contributed by atoms with E-state index in [1.807, 2.05) is 18.2 Å². The van der Waals surface area contributed by atoms with E-state index in [1.54, 1.807) is 0 Å². The number of anilines is 1. The standard InChI is InChI=1S/C16H21N3O2/c1-3-10-20-14-7-5-4-6-13(14)11(2)17-16-19-18-15(21-16)12-8-9-12/h4-7,11-12H,3,8-10H2,1-2H3,(H,17,19). The molecular weight excluding hydrogens is 266 g/mol. The number of nitrogens with zero attached hydrogens (tertiary/aromatic N) is 2. The molecule has 0 saturated heterocycles. The van der Waals surface area contributed by atoms with Crippen LogP contribution in [0.2, 0.25) is 0 Å². The Morgan fingerprint density at radius 1 is 1.33 bits per heavy atom. The van der Waals surface area contributed by atoms with Gasteiger partial charge in [0.1, 0.15) is 5.75 Å². The number of ether oxygens (including phenoxy) is 1. The zero-order chi connectivity index (χ0) is 14.7. The summed E-state index contributed by atoms with van der Waals surface area (Å²) in [4.78, 5) is 0. The fourth-order valence-corrected chi connectivity index (χ4v) is 2.23. The molecule has 1 unspecified atom stereocenters. The normalized spacial score (nSPS) is 15.7. The smallest absolute Gasteiger partial charge is 0.315 e. The topological polar surface area (TPSA) is 60.2 Å². The molecule has 1 aromatic carbocycles. The zero-order valence-electron chi connectivity index (χ0n) is 12.5. The minimum Gasteiger partial charge on any atom is -0.493 e. The molecule has 112 valence electrons. The zero-order valence-corrected chi connectivity index (χ0v) is 12.5. The molecule has 1 atom stereocenters. The summed E-state index contributed by atoms with van der Waals surface area (Å²) in [6, 6.07) is 8.57. The Morgan fingerprint density at radius 3 is 2.90 bits per heavy atom. The molecule has 5 nitrogen and oxygen atoms in total. The third kappa shape index (κ3) is 3.35.